The number of halogens is 1. The number of nitrogens with zero attached hydrogens (tertiary/aromatic N) is 1. The molecule has 0 bridgehead atoms. The van der Waals surface area contributed by atoms with E-state index in [-0.39, 0.29) is 6.61 Å². The summed E-state index contributed by atoms with van der Waals surface area (Å²) in [5.41, 5.74) is 4.03. The van der Waals surface area contributed by atoms with E-state index in [1.165, 1.54) is 6.21 Å². The fourth-order valence-electron chi connectivity index (χ4n) is 2.96. The molecule has 0 aliphatic carbocycles. The Hall–Kier alpha value is -4.04. The van der Waals surface area contributed by atoms with Crippen molar-refractivity contribution in [2.24, 2.45) is 5.10 Å². The molecule has 9 heteroatoms. The lowest BCUT2D eigenvalue weighted by Crippen LogP contribution is -2.32. The number of hydrazone groups is 1. The molecule has 0 saturated carbocycles. The summed E-state index contributed by atoms with van der Waals surface area (Å²) in [5, 5.41) is 6.89. The molecule has 0 unspecified atom stereocenters. The zero-order valence-electron chi connectivity index (χ0n) is 18.7. The third-order valence-electron chi connectivity index (χ3n) is 4.55. The smallest absolute Gasteiger partial charge is 0.329 e. The topological polar surface area (TPSA) is 98.2 Å². The van der Waals surface area contributed by atoms with E-state index in [1.807, 2.05) is 19.1 Å². The molecule has 0 saturated heterocycles. The maximum atomic E-state index is 12.2. The number of carbonyl (C=O) groups excluding carboxylic acids is 2. The summed E-state index contributed by atoms with van der Waals surface area (Å²) in [6.45, 7) is 2.47. The van der Waals surface area contributed by atoms with Crippen molar-refractivity contribution in [3.05, 3.63) is 82.9 Å². The van der Waals surface area contributed by atoms with Gasteiger partial charge in [-0.15, -0.1) is 0 Å². The Morgan fingerprint density at radius 1 is 0.941 bits per heavy atom. The normalized spacial score (nSPS) is 10.6. The highest BCUT2D eigenvalue weighted by Gasteiger charge is 2.15. The number of rotatable bonds is 9. The van der Waals surface area contributed by atoms with Gasteiger partial charge in [-0.2, -0.15) is 5.10 Å². The number of nitrogens with one attached hydrogen (secondary N) is 2. The number of benzene rings is 3. The van der Waals surface area contributed by atoms with Crippen LogP contribution in [-0.2, 0) is 16.2 Å². The van der Waals surface area contributed by atoms with E-state index >= 15 is 0 Å². The summed E-state index contributed by atoms with van der Waals surface area (Å²) in [7, 11) is 1.56. The average molecular weight is 482 g/mol. The zero-order valence-corrected chi connectivity index (χ0v) is 19.5. The highest BCUT2D eigenvalue weighted by molar-refractivity contribution is 6.39. The van der Waals surface area contributed by atoms with Gasteiger partial charge in [0.05, 0.1) is 30.6 Å². The lowest BCUT2D eigenvalue weighted by molar-refractivity contribution is -0.136. The third kappa shape index (κ3) is 6.73. The van der Waals surface area contributed by atoms with Gasteiger partial charge in [-0.05, 0) is 55.0 Å². The van der Waals surface area contributed by atoms with Crippen molar-refractivity contribution in [1.82, 2.24) is 5.43 Å². The molecular formula is C25H24ClN3O5. The molecule has 0 atom stereocenters. The van der Waals surface area contributed by atoms with E-state index in [0.29, 0.717) is 40.1 Å². The Labute approximate surface area is 202 Å². The molecule has 2 N–H and O–H groups in total. The van der Waals surface area contributed by atoms with Crippen LogP contribution < -0.4 is 25.0 Å². The minimum Gasteiger partial charge on any atom is -0.496 e. The number of carbonyl (C=O) groups is 2. The first-order valence-corrected chi connectivity index (χ1v) is 10.8. The fraction of sp³-hybridized carbons (Fsp3) is 0.160. The molecule has 3 aromatic rings. The summed E-state index contributed by atoms with van der Waals surface area (Å²) in [6.07, 6.45) is 1.41. The summed E-state index contributed by atoms with van der Waals surface area (Å²) in [4.78, 5) is 24.3. The molecule has 0 radical (unpaired) electrons. The SMILES string of the molecule is CCOc1ccccc1NC(=O)C(=O)NN=Cc1ccc(OC)c(COc2ccccc2Cl)c1. The Kier molecular flexibility index (Phi) is 8.88. The Morgan fingerprint density at radius 3 is 2.41 bits per heavy atom. The van der Waals surface area contributed by atoms with E-state index in [2.05, 4.69) is 15.8 Å². The van der Waals surface area contributed by atoms with Crippen LogP contribution in [0.2, 0.25) is 5.02 Å². The molecular weight excluding hydrogens is 458 g/mol. The van der Waals surface area contributed by atoms with Crippen LogP contribution in [0.4, 0.5) is 5.69 Å². The van der Waals surface area contributed by atoms with Crippen molar-refractivity contribution in [2.45, 2.75) is 13.5 Å². The molecule has 0 aliphatic heterocycles. The number of para-hydroxylation sites is 3. The predicted molar refractivity (Wildman–Crippen MR) is 131 cm³/mol. The first-order chi connectivity index (χ1) is 16.5. The molecule has 0 spiro atoms. The molecule has 8 nitrogen and oxygen atoms in total. The average Bonchev–Trinajstić information content (AvgIpc) is 2.85. The second kappa shape index (κ2) is 12.3. The number of hydrogen-bond donors (Lipinski definition) is 2. The van der Waals surface area contributed by atoms with Crippen LogP contribution in [0.15, 0.2) is 71.8 Å². The van der Waals surface area contributed by atoms with Crippen molar-refractivity contribution in [3.63, 3.8) is 0 Å². The first kappa shape index (κ1) is 24.6. The molecule has 3 aromatic carbocycles. The van der Waals surface area contributed by atoms with E-state index in [1.54, 1.807) is 61.7 Å². The molecule has 0 fully saturated rings. The number of amides is 2. The van der Waals surface area contributed by atoms with E-state index in [0.717, 1.165) is 5.56 Å². The monoisotopic (exact) mass is 481 g/mol. The predicted octanol–water partition coefficient (Wildman–Crippen LogP) is 4.42. The molecule has 176 valence electrons. The number of ether oxygens (including phenoxy) is 3. The van der Waals surface area contributed by atoms with Crippen LogP contribution in [0.3, 0.4) is 0 Å². The maximum absolute atomic E-state index is 12.2. The summed E-state index contributed by atoms with van der Waals surface area (Å²) in [6, 6.07) is 19.3. The van der Waals surface area contributed by atoms with Gasteiger partial charge in [-0.1, -0.05) is 35.9 Å². The standard InChI is InChI=1S/C25H24ClN3O5/c1-3-33-23-11-7-5-9-20(23)28-24(30)25(31)29-27-15-17-12-13-21(32-2)18(14-17)16-34-22-10-6-4-8-19(22)26/h4-15H,3,16H2,1-2H3,(H,28,30)(H,29,31). The lowest BCUT2D eigenvalue weighted by Gasteiger charge is -2.12. The summed E-state index contributed by atoms with van der Waals surface area (Å²) in [5.74, 6) is -0.138. The molecule has 0 aliphatic rings. The van der Waals surface area contributed by atoms with Crippen LogP contribution in [0, 0.1) is 0 Å². The molecule has 3 rings (SSSR count). The van der Waals surface area contributed by atoms with Crippen LogP contribution in [0.5, 0.6) is 17.2 Å². The Balaban J connectivity index is 1.61. The third-order valence-corrected chi connectivity index (χ3v) is 4.86. The van der Waals surface area contributed by atoms with Crippen molar-refractivity contribution >= 4 is 35.3 Å². The summed E-state index contributed by atoms with van der Waals surface area (Å²) >= 11 is 6.14. The van der Waals surface area contributed by atoms with E-state index in [9.17, 15) is 9.59 Å². The van der Waals surface area contributed by atoms with E-state index < -0.39 is 11.8 Å². The number of methoxy groups -OCH3 is 1. The molecule has 0 aromatic heterocycles. The van der Waals surface area contributed by atoms with Gasteiger partial charge in [0.2, 0.25) is 0 Å². The highest BCUT2D eigenvalue weighted by atomic mass is 35.5. The number of hydrogen-bond acceptors (Lipinski definition) is 6. The first-order valence-electron chi connectivity index (χ1n) is 10.4. The quantitative estimate of drug-likeness (QED) is 0.268. The van der Waals surface area contributed by atoms with Crippen molar-refractivity contribution in [2.75, 3.05) is 19.0 Å². The van der Waals surface area contributed by atoms with Crippen LogP contribution in [0.1, 0.15) is 18.1 Å². The second-order valence-corrected chi connectivity index (χ2v) is 7.28. The number of anilines is 1. The van der Waals surface area contributed by atoms with E-state index in [4.69, 9.17) is 25.8 Å². The van der Waals surface area contributed by atoms with Gasteiger partial charge in [0.15, 0.2) is 0 Å². The fourth-order valence-corrected chi connectivity index (χ4v) is 3.15. The highest BCUT2D eigenvalue weighted by Crippen LogP contribution is 2.27. The van der Waals surface area contributed by atoms with Crippen LogP contribution >= 0.6 is 11.6 Å². The van der Waals surface area contributed by atoms with Crippen LogP contribution in [-0.4, -0.2) is 31.7 Å². The summed E-state index contributed by atoms with van der Waals surface area (Å²) < 4.78 is 16.6. The van der Waals surface area contributed by atoms with Gasteiger partial charge < -0.3 is 19.5 Å². The van der Waals surface area contributed by atoms with Gasteiger partial charge in [0, 0.05) is 5.56 Å². The largest absolute Gasteiger partial charge is 0.496 e. The second-order valence-electron chi connectivity index (χ2n) is 6.87. The van der Waals surface area contributed by atoms with Gasteiger partial charge in [0.25, 0.3) is 0 Å². The van der Waals surface area contributed by atoms with Gasteiger partial charge >= 0.3 is 11.8 Å². The van der Waals surface area contributed by atoms with Crippen molar-refractivity contribution < 1.29 is 23.8 Å². The molecule has 2 amide bonds. The maximum Gasteiger partial charge on any atom is 0.329 e. The zero-order chi connectivity index (χ0) is 24.3. The van der Waals surface area contributed by atoms with Crippen molar-refractivity contribution in [3.8, 4) is 17.2 Å². The Bertz CT molecular complexity index is 1180. The van der Waals surface area contributed by atoms with Gasteiger partial charge in [-0.25, -0.2) is 5.43 Å². The molecule has 0 heterocycles. The minimum atomic E-state index is -0.918. The van der Waals surface area contributed by atoms with Crippen LogP contribution in [0.25, 0.3) is 0 Å². The minimum absolute atomic E-state index is 0.211. The lowest BCUT2D eigenvalue weighted by atomic mass is 10.1. The van der Waals surface area contributed by atoms with Crippen molar-refractivity contribution in [1.29, 1.82) is 0 Å². The molecule has 34 heavy (non-hydrogen) atoms. The van der Waals surface area contributed by atoms with Gasteiger partial charge in [0.1, 0.15) is 23.9 Å². The van der Waals surface area contributed by atoms with Gasteiger partial charge in [-0.3, -0.25) is 9.59 Å². The Morgan fingerprint density at radius 2 is 1.68 bits per heavy atom.